The summed E-state index contributed by atoms with van der Waals surface area (Å²) < 4.78 is 0. The smallest absolute Gasteiger partial charge is 0.227 e. The van der Waals surface area contributed by atoms with E-state index in [-0.39, 0.29) is 23.7 Å². The third-order valence-corrected chi connectivity index (χ3v) is 6.40. The number of carbonyl (C=O) groups excluding carboxylic acids is 2. The van der Waals surface area contributed by atoms with Crippen LogP contribution in [0.25, 0.3) is 22.4 Å². The van der Waals surface area contributed by atoms with Crippen molar-refractivity contribution in [3.8, 4) is 11.4 Å². The number of benzene rings is 4. The first-order valence-corrected chi connectivity index (χ1v) is 13.4. The highest BCUT2D eigenvalue weighted by molar-refractivity contribution is 5.96. The molecule has 2 aliphatic rings. The maximum Gasteiger partial charge on any atom is 0.227 e. The van der Waals surface area contributed by atoms with Gasteiger partial charge in [-0.1, -0.05) is 72.8 Å². The number of carbonyl (C=O) groups is 2. The Morgan fingerprint density at radius 3 is 1.51 bits per heavy atom. The molecule has 1 aromatic heterocycles. The molecule has 39 heavy (non-hydrogen) atoms. The molecular weight excluding hydrogens is 484 g/mol. The Bertz CT molecular complexity index is 1400. The molecule has 0 bridgehead atoms. The van der Waals surface area contributed by atoms with Gasteiger partial charge in [0.15, 0.2) is 0 Å². The van der Waals surface area contributed by atoms with Crippen LogP contribution in [0.2, 0.25) is 0 Å². The molecule has 0 spiro atoms. The molecule has 6 heteroatoms. The van der Waals surface area contributed by atoms with Gasteiger partial charge in [-0.25, -0.2) is 4.98 Å². The Balaban J connectivity index is 0.000000211. The van der Waals surface area contributed by atoms with E-state index >= 15 is 0 Å². The van der Waals surface area contributed by atoms with Crippen molar-refractivity contribution >= 4 is 34.2 Å². The molecule has 1 heterocycles. The Morgan fingerprint density at radius 2 is 1.05 bits per heavy atom. The molecule has 0 aliphatic heterocycles. The number of aromatic amines is 1. The Labute approximate surface area is 228 Å². The van der Waals surface area contributed by atoms with Crippen molar-refractivity contribution in [1.82, 2.24) is 9.97 Å². The largest absolute Gasteiger partial charge is 0.338 e. The number of rotatable bonds is 5. The molecule has 5 aromatic rings. The monoisotopic (exact) mass is 516 g/mol. The minimum Gasteiger partial charge on any atom is -0.338 e. The molecule has 2 aliphatic carbocycles. The summed E-state index contributed by atoms with van der Waals surface area (Å²) in [7, 11) is 0. The van der Waals surface area contributed by atoms with Gasteiger partial charge in [-0.2, -0.15) is 0 Å². The van der Waals surface area contributed by atoms with E-state index in [1.54, 1.807) is 0 Å². The van der Waals surface area contributed by atoms with Crippen LogP contribution in [0.4, 0.5) is 11.4 Å². The van der Waals surface area contributed by atoms with Gasteiger partial charge in [0, 0.05) is 28.8 Å². The first-order valence-electron chi connectivity index (χ1n) is 13.4. The van der Waals surface area contributed by atoms with E-state index in [2.05, 4.69) is 20.6 Å². The number of nitrogens with one attached hydrogen (secondary N) is 3. The molecule has 0 radical (unpaired) electrons. The van der Waals surface area contributed by atoms with Gasteiger partial charge in [0.2, 0.25) is 11.8 Å². The van der Waals surface area contributed by atoms with Crippen LogP contribution < -0.4 is 10.6 Å². The lowest BCUT2D eigenvalue weighted by Crippen LogP contribution is -2.13. The zero-order valence-corrected chi connectivity index (χ0v) is 21.7. The Morgan fingerprint density at radius 1 is 0.615 bits per heavy atom. The molecule has 2 amide bonds. The lowest BCUT2D eigenvalue weighted by Gasteiger charge is -2.04. The summed E-state index contributed by atoms with van der Waals surface area (Å²) in [4.78, 5) is 31.7. The van der Waals surface area contributed by atoms with Gasteiger partial charge in [-0.15, -0.1) is 0 Å². The number of hydrogen-bond donors (Lipinski definition) is 3. The summed E-state index contributed by atoms with van der Waals surface area (Å²) in [5.41, 5.74) is 4.26. The summed E-state index contributed by atoms with van der Waals surface area (Å²) >= 11 is 0. The van der Waals surface area contributed by atoms with Crippen molar-refractivity contribution in [2.24, 2.45) is 11.8 Å². The molecule has 0 atom stereocenters. The molecule has 4 aromatic carbocycles. The van der Waals surface area contributed by atoms with Gasteiger partial charge in [0.25, 0.3) is 0 Å². The Hall–Kier alpha value is -4.71. The van der Waals surface area contributed by atoms with Crippen LogP contribution in [0.5, 0.6) is 0 Å². The van der Waals surface area contributed by atoms with Crippen molar-refractivity contribution < 1.29 is 9.59 Å². The minimum atomic E-state index is 0.0953. The van der Waals surface area contributed by atoms with Gasteiger partial charge in [-0.3, -0.25) is 9.59 Å². The van der Waals surface area contributed by atoms with Gasteiger partial charge in [-0.05, 0) is 68.1 Å². The van der Waals surface area contributed by atoms with Crippen molar-refractivity contribution in [2.45, 2.75) is 25.7 Å². The third-order valence-electron chi connectivity index (χ3n) is 6.40. The molecule has 0 unspecified atom stereocenters. The molecule has 196 valence electrons. The van der Waals surface area contributed by atoms with Gasteiger partial charge in [0.1, 0.15) is 5.82 Å². The number of amides is 2. The zero-order valence-electron chi connectivity index (χ0n) is 21.7. The second-order valence-electron chi connectivity index (χ2n) is 9.73. The van der Waals surface area contributed by atoms with E-state index in [1.165, 1.54) is 0 Å². The van der Waals surface area contributed by atoms with Crippen LogP contribution in [0.15, 0.2) is 115 Å². The fourth-order valence-corrected chi connectivity index (χ4v) is 3.89. The summed E-state index contributed by atoms with van der Waals surface area (Å²) in [6.45, 7) is 0. The lowest BCUT2D eigenvalue weighted by molar-refractivity contribution is -0.118. The molecule has 0 saturated heterocycles. The van der Waals surface area contributed by atoms with Crippen LogP contribution in [0, 0.1) is 11.8 Å². The summed E-state index contributed by atoms with van der Waals surface area (Å²) in [5.74, 6) is 1.33. The number of aromatic nitrogens is 2. The first kappa shape index (κ1) is 25.9. The second-order valence-corrected chi connectivity index (χ2v) is 9.73. The highest BCUT2D eigenvalue weighted by Gasteiger charge is 2.30. The maximum absolute atomic E-state index is 11.9. The maximum atomic E-state index is 11.9. The molecular formula is C33H32N4O2. The van der Waals surface area contributed by atoms with Crippen LogP contribution in [0.1, 0.15) is 25.7 Å². The normalized spacial score (nSPS) is 13.7. The van der Waals surface area contributed by atoms with Crippen molar-refractivity contribution in [1.29, 1.82) is 0 Å². The minimum absolute atomic E-state index is 0.0953. The van der Waals surface area contributed by atoms with Crippen LogP contribution in [0.3, 0.4) is 0 Å². The van der Waals surface area contributed by atoms with E-state index in [9.17, 15) is 9.59 Å². The standard InChI is InChI=1S/C21H20N4O2.2C6H6/c26-20(13-1-2-13)22-15-7-5-12(6-8-15)19-24-17-10-9-16(11-18(17)25-19)23-21(27)14-3-4-14;2*1-2-4-6-5-3-1/h5-11,13-14H,1-4H2,(H,22,26)(H,23,27)(H,24,25);2*1-6H. The summed E-state index contributed by atoms with van der Waals surface area (Å²) in [6.07, 6.45) is 3.96. The average molecular weight is 517 g/mol. The van der Waals surface area contributed by atoms with Crippen LogP contribution in [-0.2, 0) is 9.59 Å². The topological polar surface area (TPSA) is 86.9 Å². The predicted octanol–water partition coefficient (Wildman–Crippen LogP) is 7.30. The average Bonchev–Trinajstić information content (AvgIpc) is 3.92. The Kier molecular flexibility index (Phi) is 8.44. The molecule has 7 rings (SSSR count). The second kappa shape index (κ2) is 12.7. The third kappa shape index (κ3) is 7.89. The highest BCUT2D eigenvalue weighted by atomic mass is 16.2. The number of imidazole rings is 1. The predicted molar refractivity (Wildman–Crippen MR) is 157 cm³/mol. The number of nitrogens with zero attached hydrogens (tertiary/aromatic N) is 1. The van der Waals surface area contributed by atoms with Crippen molar-refractivity contribution in [3.63, 3.8) is 0 Å². The van der Waals surface area contributed by atoms with E-state index in [1.807, 2.05) is 115 Å². The van der Waals surface area contributed by atoms with E-state index in [0.29, 0.717) is 0 Å². The molecule has 2 fully saturated rings. The van der Waals surface area contributed by atoms with Crippen LogP contribution >= 0.6 is 0 Å². The lowest BCUT2D eigenvalue weighted by atomic mass is 10.2. The number of fused-ring (bicyclic) bond motifs is 1. The summed E-state index contributed by atoms with van der Waals surface area (Å²) in [6, 6.07) is 37.4. The highest BCUT2D eigenvalue weighted by Crippen LogP contribution is 2.32. The van der Waals surface area contributed by atoms with Crippen molar-refractivity contribution in [2.75, 3.05) is 10.6 Å². The number of hydrogen-bond acceptors (Lipinski definition) is 3. The van der Waals surface area contributed by atoms with Crippen molar-refractivity contribution in [3.05, 3.63) is 115 Å². The molecule has 6 nitrogen and oxygen atoms in total. The van der Waals surface area contributed by atoms with Gasteiger partial charge < -0.3 is 15.6 Å². The molecule has 3 N–H and O–H groups in total. The SMILES string of the molecule is O=C(Nc1ccc(-c2nc3ccc(NC(=O)C4CC4)cc3[nH]2)cc1)C1CC1.c1ccccc1.c1ccccc1. The fraction of sp³-hybridized carbons (Fsp3) is 0.182. The van der Waals surface area contributed by atoms with E-state index in [4.69, 9.17) is 0 Å². The summed E-state index contributed by atoms with van der Waals surface area (Å²) in [5, 5.41) is 5.90. The zero-order chi connectivity index (χ0) is 26.9. The van der Waals surface area contributed by atoms with Gasteiger partial charge >= 0.3 is 0 Å². The van der Waals surface area contributed by atoms with Gasteiger partial charge in [0.05, 0.1) is 11.0 Å². The quantitative estimate of drug-likeness (QED) is 0.229. The van der Waals surface area contributed by atoms with E-state index < -0.39 is 0 Å². The fourth-order valence-electron chi connectivity index (χ4n) is 3.89. The molecule has 2 saturated carbocycles. The first-order chi connectivity index (χ1) is 19.2. The number of H-pyrrole nitrogens is 1. The van der Waals surface area contributed by atoms with E-state index in [0.717, 1.165) is 59.5 Å². The van der Waals surface area contributed by atoms with Crippen LogP contribution in [-0.4, -0.2) is 21.8 Å². The number of anilines is 2.